The van der Waals surface area contributed by atoms with E-state index < -0.39 is 0 Å². The van der Waals surface area contributed by atoms with Gasteiger partial charge in [0.05, 0.1) is 12.5 Å². The zero-order valence-corrected chi connectivity index (χ0v) is 5.56. The monoisotopic (exact) mass is 150 g/mol. The summed E-state index contributed by atoms with van der Waals surface area (Å²) in [5, 5.41) is 0. The molecule has 0 amide bonds. The Morgan fingerprint density at radius 2 is 2.56 bits per heavy atom. The molecule has 1 aliphatic rings. The molecule has 0 saturated carbocycles. The molecule has 1 saturated heterocycles. The van der Waals surface area contributed by atoms with Crippen molar-refractivity contribution in [1.29, 1.82) is 0 Å². The zero-order chi connectivity index (χ0) is 6.69. The van der Waals surface area contributed by atoms with Crippen molar-refractivity contribution in [1.82, 2.24) is 0 Å². The van der Waals surface area contributed by atoms with Crippen LogP contribution >= 0.6 is 11.9 Å². The number of hydrogen-bond acceptors (Lipinski definition) is 3. The van der Waals surface area contributed by atoms with E-state index in [2.05, 4.69) is 4.29 Å². The van der Waals surface area contributed by atoms with Gasteiger partial charge in [-0.25, -0.2) is 0 Å². The molecule has 1 aliphatic heterocycles. The first-order chi connectivity index (χ1) is 4.34. The van der Waals surface area contributed by atoms with Crippen LogP contribution in [-0.4, -0.2) is 19.2 Å². The molecule has 4 heteroatoms. The molecule has 1 fully saturated rings. The molecule has 1 heterocycles. The molecule has 0 N–H and O–H groups in total. The summed E-state index contributed by atoms with van der Waals surface area (Å²) < 4.78 is 8.91. The summed E-state index contributed by atoms with van der Waals surface area (Å²) in [5.74, 6) is -0.517. The SMILES string of the molecule is O=C(OCl)C1CCOC1. The van der Waals surface area contributed by atoms with Gasteiger partial charge in [0.15, 0.2) is 0 Å². The van der Waals surface area contributed by atoms with Crippen LogP contribution in [-0.2, 0) is 13.8 Å². The average Bonchev–Trinajstić information content (AvgIpc) is 2.37. The fourth-order valence-electron chi connectivity index (χ4n) is 0.783. The maximum atomic E-state index is 10.6. The van der Waals surface area contributed by atoms with Crippen LogP contribution in [0.25, 0.3) is 0 Å². The van der Waals surface area contributed by atoms with Crippen LogP contribution in [0.1, 0.15) is 6.42 Å². The number of carbonyl (C=O) groups is 1. The summed E-state index contributed by atoms with van der Waals surface area (Å²) in [7, 11) is 0. The first-order valence-corrected chi connectivity index (χ1v) is 3.05. The molecule has 0 aliphatic carbocycles. The molecular weight excluding hydrogens is 144 g/mol. The molecule has 1 rings (SSSR count). The van der Waals surface area contributed by atoms with Crippen molar-refractivity contribution < 1.29 is 13.8 Å². The highest BCUT2D eigenvalue weighted by Gasteiger charge is 2.24. The van der Waals surface area contributed by atoms with Crippen LogP contribution in [0.3, 0.4) is 0 Å². The smallest absolute Gasteiger partial charge is 0.330 e. The lowest BCUT2D eigenvalue weighted by Crippen LogP contribution is -2.13. The van der Waals surface area contributed by atoms with E-state index in [-0.39, 0.29) is 11.9 Å². The van der Waals surface area contributed by atoms with E-state index in [1.165, 1.54) is 0 Å². The normalized spacial score (nSPS) is 26.1. The summed E-state index contributed by atoms with van der Waals surface area (Å²) in [6, 6.07) is 0. The fourth-order valence-corrected chi connectivity index (χ4v) is 0.909. The second kappa shape index (κ2) is 3.03. The predicted molar refractivity (Wildman–Crippen MR) is 30.9 cm³/mol. The van der Waals surface area contributed by atoms with E-state index >= 15 is 0 Å². The number of halogens is 1. The van der Waals surface area contributed by atoms with Gasteiger partial charge in [-0.05, 0) is 6.42 Å². The van der Waals surface area contributed by atoms with Crippen molar-refractivity contribution >= 4 is 17.8 Å². The third-order valence-corrected chi connectivity index (χ3v) is 1.49. The molecule has 3 nitrogen and oxygen atoms in total. The van der Waals surface area contributed by atoms with Crippen molar-refractivity contribution in [2.45, 2.75) is 6.42 Å². The van der Waals surface area contributed by atoms with Crippen LogP contribution < -0.4 is 0 Å². The first-order valence-electron chi connectivity index (χ1n) is 2.75. The fraction of sp³-hybridized carbons (Fsp3) is 0.800. The third kappa shape index (κ3) is 1.56. The van der Waals surface area contributed by atoms with Crippen molar-refractivity contribution in [2.24, 2.45) is 5.92 Å². The average molecular weight is 151 g/mol. The van der Waals surface area contributed by atoms with Gasteiger partial charge in [-0.3, -0.25) is 4.79 Å². The highest BCUT2D eigenvalue weighted by Crippen LogP contribution is 2.13. The quantitative estimate of drug-likeness (QED) is 0.553. The van der Waals surface area contributed by atoms with Crippen molar-refractivity contribution in [3.63, 3.8) is 0 Å². The van der Waals surface area contributed by atoms with E-state index in [1.807, 2.05) is 0 Å². The minimum atomic E-state index is -0.380. The minimum absolute atomic E-state index is 0.137. The lowest BCUT2D eigenvalue weighted by Gasteiger charge is -1.99. The van der Waals surface area contributed by atoms with E-state index in [0.29, 0.717) is 13.2 Å². The van der Waals surface area contributed by atoms with Gasteiger partial charge in [-0.2, -0.15) is 0 Å². The van der Waals surface area contributed by atoms with Crippen LogP contribution in [0, 0.1) is 5.92 Å². The van der Waals surface area contributed by atoms with Gasteiger partial charge in [0.2, 0.25) is 0 Å². The zero-order valence-electron chi connectivity index (χ0n) is 4.80. The van der Waals surface area contributed by atoms with Crippen molar-refractivity contribution in [3.05, 3.63) is 0 Å². The number of rotatable bonds is 1. The van der Waals surface area contributed by atoms with Crippen molar-refractivity contribution in [3.8, 4) is 0 Å². The van der Waals surface area contributed by atoms with Gasteiger partial charge in [-0.1, -0.05) is 0 Å². The van der Waals surface area contributed by atoms with Crippen LogP contribution in [0.5, 0.6) is 0 Å². The molecule has 0 spiro atoms. The molecular formula is C5H7ClO3. The van der Waals surface area contributed by atoms with Crippen LogP contribution in [0.2, 0.25) is 0 Å². The largest absolute Gasteiger partial charge is 0.381 e. The molecule has 0 aromatic rings. The maximum Gasteiger partial charge on any atom is 0.330 e. The highest BCUT2D eigenvalue weighted by atomic mass is 35.5. The third-order valence-electron chi connectivity index (χ3n) is 1.34. The molecule has 0 aromatic heterocycles. The topological polar surface area (TPSA) is 35.5 Å². The molecule has 52 valence electrons. The summed E-state index contributed by atoms with van der Waals surface area (Å²) in [6.07, 6.45) is 0.728. The molecule has 9 heavy (non-hydrogen) atoms. The van der Waals surface area contributed by atoms with E-state index in [1.54, 1.807) is 0 Å². The number of carbonyl (C=O) groups excluding carboxylic acids is 1. The van der Waals surface area contributed by atoms with E-state index in [9.17, 15) is 4.79 Å². The second-order valence-electron chi connectivity index (χ2n) is 1.96. The Morgan fingerprint density at radius 1 is 1.78 bits per heavy atom. The molecule has 0 radical (unpaired) electrons. The van der Waals surface area contributed by atoms with Gasteiger partial charge in [0.1, 0.15) is 11.9 Å². The maximum absolute atomic E-state index is 10.6. The minimum Gasteiger partial charge on any atom is -0.381 e. The highest BCUT2D eigenvalue weighted by molar-refractivity contribution is 6.13. The van der Waals surface area contributed by atoms with Gasteiger partial charge >= 0.3 is 5.97 Å². The van der Waals surface area contributed by atoms with Crippen LogP contribution in [0.15, 0.2) is 0 Å². The lowest BCUT2D eigenvalue weighted by molar-refractivity contribution is -0.138. The first kappa shape index (κ1) is 6.83. The summed E-state index contributed by atoms with van der Waals surface area (Å²) in [5.41, 5.74) is 0. The second-order valence-corrected chi connectivity index (χ2v) is 2.11. The van der Waals surface area contributed by atoms with Gasteiger partial charge in [0.25, 0.3) is 0 Å². The standard InChI is InChI=1S/C5H7ClO3/c6-9-5(7)4-1-2-8-3-4/h4H,1-3H2. The van der Waals surface area contributed by atoms with Gasteiger partial charge in [0, 0.05) is 6.61 Å². The molecule has 1 unspecified atom stereocenters. The Morgan fingerprint density at radius 3 is 3.00 bits per heavy atom. The Balaban J connectivity index is 2.32. The lowest BCUT2D eigenvalue weighted by atomic mass is 10.1. The number of ether oxygens (including phenoxy) is 1. The Hall–Kier alpha value is -0.280. The Bertz CT molecular complexity index is 109. The predicted octanol–water partition coefficient (Wildman–Crippen LogP) is 0.720. The molecule has 0 aromatic carbocycles. The number of hydrogen-bond donors (Lipinski definition) is 0. The summed E-state index contributed by atoms with van der Waals surface area (Å²) in [6.45, 7) is 1.09. The van der Waals surface area contributed by atoms with E-state index in [0.717, 1.165) is 6.42 Å². The van der Waals surface area contributed by atoms with Crippen molar-refractivity contribution in [2.75, 3.05) is 13.2 Å². The Kier molecular flexibility index (Phi) is 2.30. The van der Waals surface area contributed by atoms with Gasteiger partial charge in [-0.15, -0.1) is 0 Å². The molecule has 0 bridgehead atoms. The van der Waals surface area contributed by atoms with Gasteiger partial charge < -0.3 is 9.03 Å². The van der Waals surface area contributed by atoms with Crippen LogP contribution in [0.4, 0.5) is 0 Å². The molecule has 1 atom stereocenters. The Labute approximate surface area is 58.1 Å². The summed E-state index contributed by atoms with van der Waals surface area (Å²) >= 11 is 4.83. The van der Waals surface area contributed by atoms with E-state index in [4.69, 9.17) is 16.6 Å². The summed E-state index contributed by atoms with van der Waals surface area (Å²) in [4.78, 5) is 10.6.